The van der Waals surface area contributed by atoms with E-state index in [4.69, 9.17) is 16.7 Å². The van der Waals surface area contributed by atoms with Crippen molar-refractivity contribution in [3.05, 3.63) is 35.0 Å². The zero-order chi connectivity index (χ0) is 13.1. The molecular formula is C13H15ClN2O2. The molecular weight excluding hydrogens is 252 g/mol. The number of aromatic amines is 1. The number of hydrogen-bond acceptors (Lipinski definition) is 2. The van der Waals surface area contributed by atoms with Crippen molar-refractivity contribution in [2.75, 3.05) is 6.61 Å². The molecule has 1 amide bonds. The molecule has 0 fully saturated rings. The highest BCUT2D eigenvalue weighted by Gasteiger charge is 2.14. The molecule has 5 heteroatoms. The molecule has 1 heterocycles. The fourth-order valence-corrected chi connectivity index (χ4v) is 2.01. The molecule has 0 bridgehead atoms. The van der Waals surface area contributed by atoms with E-state index in [0.717, 1.165) is 10.9 Å². The summed E-state index contributed by atoms with van der Waals surface area (Å²) < 4.78 is 0. The molecule has 3 N–H and O–H groups in total. The number of carbonyl (C=O) groups excluding carboxylic acids is 1. The molecule has 0 saturated heterocycles. The predicted molar refractivity (Wildman–Crippen MR) is 71.9 cm³/mol. The number of aliphatic hydroxyl groups excluding tert-OH is 1. The Kier molecular flexibility index (Phi) is 3.89. The molecule has 1 aromatic carbocycles. The molecule has 18 heavy (non-hydrogen) atoms. The number of fused-ring (bicyclic) bond motifs is 1. The summed E-state index contributed by atoms with van der Waals surface area (Å²) in [5.41, 5.74) is 1.20. The minimum atomic E-state index is -0.233. The maximum Gasteiger partial charge on any atom is 0.268 e. The molecule has 2 aromatic rings. The Bertz CT molecular complexity index is 561. The van der Waals surface area contributed by atoms with Crippen molar-refractivity contribution in [2.24, 2.45) is 0 Å². The van der Waals surface area contributed by atoms with E-state index in [1.807, 2.05) is 19.1 Å². The summed E-state index contributed by atoms with van der Waals surface area (Å²) in [4.78, 5) is 14.9. The molecule has 0 radical (unpaired) electrons. The summed E-state index contributed by atoms with van der Waals surface area (Å²) in [6, 6.07) is 7.02. The minimum Gasteiger partial charge on any atom is -0.394 e. The van der Waals surface area contributed by atoms with Crippen molar-refractivity contribution in [1.29, 1.82) is 0 Å². The van der Waals surface area contributed by atoms with Gasteiger partial charge in [-0.25, -0.2) is 0 Å². The third-order valence-corrected chi connectivity index (χ3v) is 3.21. The monoisotopic (exact) mass is 266 g/mol. The van der Waals surface area contributed by atoms with E-state index < -0.39 is 0 Å². The van der Waals surface area contributed by atoms with Crippen molar-refractivity contribution in [2.45, 2.75) is 19.4 Å². The molecule has 1 atom stereocenters. The van der Waals surface area contributed by atoms with Crippen LogP contribution in [0, 0.1) is 0 Å². The lowest BCUT2D eigenvalue weighted by molar-refractivity contribution is 0.0911. The van der Waals surface area contributed by atoms with Gasteiger partial charge in [0.05, 0.1) is 23.2 Å². The Hall–Kier alpha value is -1.52. The molecule has 4 nitrogen and oxygen atoms in total. The smallest absolute Gasteiger partial charge is 0.268 e. The lowest BCUT2D eigenvalue weighted by Crippen LogP contribution is -2.37. The molecule has 1 aromatic heterocycles. The predicted octanol–water partition coefficient (Wildman–Crippen LogP) is 2.32. The lowest BCUT2D eigenvalue weighted by Gasteiger charge is -2.12. The molecule has 96 valence electrons. The Morgan fingerprint density at radius 3 is 2.94 bits per heavy atom. The summed E-state index contributed by atoms with van der Waals surface area (Å²) in [7, 11) is 0. The number of aromatic nitrogens is 1. The topological polar surface area (TPSA) is 65.1 Å². The largest absolute Gasteiger partial charge is 0.394 e. The van der Waals surface area contributed by atoms with E-state index in [1.165, 1.54) is 0 Å². The van der Waals surface area contributed by atoms with Crippen molar-refractivity contribution >= 4 is 28.4 Å². The van der Waals surface area contributed by atoms with Crippen LogP contribution in [-0.2, 0) is 0 Å². The molecule has 1 unspecified atom stereocenters. The highest BCUT2D eigenvalue weighted by molar-refractivity contribution is 6.35. The Morgan fingerprint density at radius 1 is 1.56 bits per heavy atom. The third kappa shape index (κ3) is 2.49. The van der Waals surface area contributed by atoms with Crippen LogP contribution in [0.3, 0.4) is 0 Å². The fourth-order valence-electron chi connectivity index (χ4n) is 1.78. The Balaban J connectivity index is 2.26. The molecule has 0 spiro atoms. The van der Waals surface area contributed by atoms with Gasteiger partial charge < -0.3 is 15.4 Å². The van der Waals surface area contributed by atoms with Crippen LogP contribution < -0.4 is 5.32 Å². The van der Waals surface area contributed by atoms with Gasteiger partial charge in [0.25, 0.3) is 5.91 Å². The number of hydrogen-bond donors (Lipinski definition) is 3. The lowest BCUT2D eigenvalue weighted by atomic mass is 10.2. The first-order chi connectivity index (χ1) is 8.65. The number of benzene rings is 1. The maximum atomic E-state index is 12.0. The van der Waals surface area contributed by atoms with Gasteiger partial charge in [-0.3, -0.25) is 4.79 Å². The molecule has 0 aliphatic heterocycles. The van der Waals surface area contributed by atoms with E-state index in [0.29, 0.717) is 17.1 Å². The van der Waals surface area contributed by atoms with Gasteiger partial charge in [-0.1, -0.05) is 30.7 Å². The normalized spacial score (nSPS) is 12.6. The van der Waals surface area contributed by atoms with Crippen molar-refractivity contribution in [3.8, 4) is 0 Å². The highest BCUT2D eigenvalue weighted by Crippen LogP contribution is 2.23. The van der Waals surface area contributed by atoms with Crippen LogP contribution in [0.15, 0.2) is 24.3 Å². The van der Waals surface area contributed by atoms with E-state index >= 15 is 0 Å². The van der Waals surface area contributed by atoms with Gasteiger partial charge in [-0.05, 0) is 18.6 Å². The summed E-state index contributed by atoms with van der Waals surface area (Å²) in [6.07, 6.45) is 0.684. The number of para-hydroxylation sites is 1. The van der Waals surface area contributed by atoms with Crippen LogP contribution in [0.2, 0.25) is 5.02 Å². The van der Waals surface area contributed by atoms with Crippen LogP contribution in [0.5, 0.6) is 0 Å². The van der Waals surface area contributed by atoms with Crippen LogP contribution in [-0.4, -0.2) is 28.6 Å². The second-order valence-electron chi connectivity index (χ2n) is 4.15. The van der Waals surface area contributed by atoms with Crippen molar-refractivity contribution in [3.63, 3.8) is 0 Å². The average molecular weight is 267 g/mol. The van der Waals surface area contributed by atoms with E-state index in [1.54, 1.807) is 12.1 Å². The van der Waals surface area contributed by atoms with Crippen LogP contribution >= 0.6 is 11.6 Å². The minimum absolute atomic E-state index is 0.0662. The molecule has 0 saturated carbocycles. The first-order valence-corrected chi connectivity index (χ1v) is 6.22. The third-order valence-electron chi connectivity index (χ3n) is 2.90. The van der Waals surface area contributed by atoms with E-state index in [9.17, 15) is 4.79 Å². The average Bonchev–Trinajstić information content (AvgIpc) is 2.81. The van der Waals surface area contributed by atoms with E-state index in [2.05, 4.69) is 10.3 Å². The van der Waals surface area contributed by atoms with Gasteiger partial charge >= 0.3 is 0 Å². The first kappa shape index (κ1) is 12.9. The van der Waals surface area contributed by atoms with Gasteiger partial charge in [0.2, 0.25) is 0 Å². The molecule has 0 aliphatic carbocycles. The summed E-state index contributed by atoms with van der Waals surface area (Å²) in [5, 5.41) is 13.3. The van der Waals surface area contributed by atoms with Crippen LogP contribution in [0.25, 0.3) is 10.9 Å². The Morgan fingerprint density at radius 2 is 2.33 bits per heavy atom. The van der Waals surface area contributed by atoms with Crippen LogP contribution in [0.1, 0.15) is 23.8 Å². The number of carbonyl (C=O) groups is 1. The Labute approximate surface area is 110 Å². The standard InChI is InChI=1S/C13H15ClN2O2/c1-2-9(7-17)15-13(18)11-6-8-4-3-5-10(14)12(8)16-11/h3-6,9,16-17H,2,7H2,1H3,(H,15,18). The first-order valence-electron chi connectivity index (χ1n) is 5.84. The van der Waals surface area contributed by atoms with E-state index in [-0.39, 0.29) is 18.6 Å². The maximum absolute atomic E-state index is 12.0. The molecule has 2 rings (SSSR count). The molecule has 0 aliphatic rings. The number of nitrogens with one attached hydrogen (secondary N) is 2. The zero-order valence-corrected chi connectivity index (χ0v) is 10.8. The quantitative estimate of drug-likeness (QED) is 0.795. The van der Waals surface area contributed by atoms with Gasteiger partial charge in [0.1, 0.15) is 5.69 Å². The van der Waals surface area contributed by atoms with Gasteiger partial charge in [-0.2, -0.15) is 0 Å². The SMILES string of the molecule is CCC(CO)NC(=O)c1cc2cccc(Cl)c2[nH]1. The van der Waals surface area contributed by atoms with Crippen molar-refractivity contribution in [1.82, 2.24) is 10.3 Å². The second kappa shape index (κ2) is 5.42. The zero-order valence-electron chi connectivity index (χ0n) is 10.0. The number of halogens is 1. The highest BCUT2D eigenvalue weighted by atomic mass is 35.5. The number of rotatable bonds is 4. The summed E-state index contributed by atoms with van der Waals surface area (Å²) in [5.74, 6) is -0.233. The van der Waals surface area contributed by atoms with Crippen LogP contribution in [0.4, 0.5) is 0 Å². The second-order valence-corrected chi connectivity index (χ2v) is 4.56. The van der Waals surface area contributed by atoms with Gasteiger partial charge in [0, 0.05) is 5.39 Å². The number of amides is 1. The van der Waals surface area contributed by atoms with Gasteiger partial charge in [0.15, 0.2) is 0 Å². The summed E-state index contributed by atoms with van der Waals surface area (Å²) >= 11 is 6.03. The number of H-pyrrole nitrogens is 1. The van der Waals surface area contributed by atoms with Crippen molar-refractivity contribution < 1.29 is 9.90 Å². The van der Waals surface area contributed by atoms with Gasteiger partial charge in [-0.15, -0.1) is 0 Å². The summed E-state index contributed by atoms with van der Waals surface area (Å²) in [6.45, 7) is 1.84. The fraction of sp³-hybridized carbons (Fsp3) is 0.308. The number of aliphatic hydroxyl groups is 1.